The summed E-state index contributed by atoms with van der Waals surface area (Å²) in [6, 6.07) is 3.50. The van der Waals surface area contributed by atoms with E-state index in [0.29, 0.717) is 43.2 Å². The molecule has 1 spiro atoms. The molecule has 0 N–H and O–H groups in total. The zero-order valence-electron chi connectivity index (χ0n) is 20.0. The van der Waals surface area contributed by atoms with E-state index in [1.54, 1.807) is 38.2 Å². The van der Waals surface area contributed by atoms with Crippen LogP contribution >= 0.6 is 0 Å². The van der Waals surface area contributed by atoms with Crippen molar-refractivity contribution in [2.24, 2.45) is 11.3 Å². The largest absolute Gasteiger partial charge is 0.361 e. The lowest BCUT2D eigenvalue weighted by molar-refractivity contribution is -0.136. The van der Waals surface area contributed by atoms with Crippen molar-refractivity contribution in [3.8, 4) is 0 Å². The van der Waals surface area contributed by atoms with Gasteiger partial charge in [0.05, 0.1) is 17.7 Å². The van der Waals surface area contributed by atoms with Crippen LogP contribution in [0, 0.1) is 25.2 Å². The van der Waals surface area contributed by atoms with Crippen molar-refractivity contribution in [1.29, 1.82) is 0 Å². The summed E-state index contributed by atoms with van der Waals surface area (Å²) in [5, 5.41) is 3.91. The van der Waals surface area contributed by atoms with Gasteiger partial charge in [0.15, 0.2) is 0 Å². The number of hydrogen-bond donors (Lipinski definition) is 0. The fraction of sp³-hybridized carbons (Fsp3) is 0.560. The predicted octanol–water partition coefficient (Wildman–Crippen LogP) is 2.36. The average Bonchev–Trinajstić information content (AvgIpc) is 3.50. The molecule has 0 unspecified atom stereocenters. The highest BCUT2D eigenvalue weighted by atomic mass is 16.5. The van der Waals surface area contributed by atoms with Crippen LogP contribution in [0.3, 0.4) is 0 Å². The van der Waals surface area contributed by atoms with Gasteiger partial charge in [0.25, 0.3) is 5.91 Å². The van der Waals surface area contributed by atoms with E-state index >= 15 is 0 Å². The van der Waals surface area contributed by atoms with Gasteiger partial charge in [0, 0.05) is 52.0 Å². The van der Waals surface area contributed by atoms with Gasteiger partial charge in [-0.05, 0) is 50.2 Å². The Morgan fingerprint density at radius 2 is 1.82 bits per heavy atom. The molecule has 0 aliphatic carbocycles. The molecule has 2 aromatic rings. The van der Waals surface area contributed by atoms with E-state index in [1.807, 2.05) is 21.9 Å². The number of nitrogens with zero attached hydrogens (tertiary/aromatic N) is 5. The zero-order chi connectivity index (χ0) is 24.0. The molecule has 2 atom stereocenters. The number of hydrogen-bond acceptors (Lipinski definition) is 6. The SMILES string of the molecule is Cc1noc(C)c1C(=O)N1CCC2(CC1)CCN(C(=O)[C@@H]1CC(=O)N(C)[C@H]1c1cccnc1)C2. The molecule has 0 bridgehead atoms. The van der Waals surface area contributed by atoms with Crippen molar-refractivity contribution >= 4 is 17.7 Å². The molecule has 5 heterocycles. The van der Waals surface area contributed by atoms with E-state index in [0.717, 1.165) is 24.8 Å². The summed E-state index contributed by atoms with van der Waals surface area (Å²) >= 11 is 0. The van der Waals surface area contributed by atoms with Crippen molar-refractivity contribution in [3.63, 3.8) is 0 Å². The van der Waals surface area contributed by atoms with Crippen LogP contribution in [0.25, 0.3) is 0 Å². The lowest BCUT2D eigenvalue weighted by Gasteiger charge is -2.39. The first-order valence-electron chi connectivity index (χ1n) is 12.0. The molecule has 180 valence electrons. The highest BCUT2D eigenvalue weighted by molar-refractivity contribution is 5.96. The van der Waals surface area contributed by atoms with Crippen LogP contribution in [0.5, 0.6) is 0 Å². The number of rotatable bonds is 3. The monoisotopic (exact) mass is 465 g/mol. The molecule has 3 amide bonds. The van der Waals surface area contributed by atoms with E-state index in [2.05, 4.69) is 10.1 Å². The summed E-state index contributed by atoms with van der Waals surface area (Å²) in [6.45, 7) is 6.27. The predicted molar refractivity (Wildman–Crippen MR) is 123 cm³/mol. The quantitative estimate of drug-likeness (QED) is 0.690. The minimum Gasteiger partial charge on any atom is -0.361 e. The van der Waals surface area contributed by atoms with E-state index in [1.165, 1.54) is 0 Å². The first-order chi connectivity index (χ1) is 16.3. The van der Waals surface area contributed by atoms with Gasteiger partial charge in [-0.2, -0.15) is 0 Å². The first-order valence-corrected chi connectivity index (χ1v) is 12.0. The maximum Gasteiger partial charge on any atom is 0.259 e. The fourth-order valence-corrected chi connectivity index (χ4v) is 5.99. The molecular weight excluding hydrogens is 434 g/mol. The smallest absolute Gasteiger partial charge is 0.259 e. The van der Waals surface area contributed by atoms with Crippen LogP contribution in [0.15, 0.2) is 29.0 Å². The van der Waals surface area contributed by atoms with Crippen molar-refractivity contribution in [2.45, 2.75) is 45.6 Å². The molecule has 0 saturated carbocycles. The van der Waals surface area contributed by atoms with Crippen LogP contribution in [0.4, 0.5) is 0 Å². The third kappa shape index (κ3) is 3.76. The Labute approximate surface area is 199 Å². The second-order valence-electron chi connectivity index (χ2n) is 10.0. The summed E-state index contributed by atoms with van der Waals surface area (Å²) in [4.78, 5) is 48.8. The lowest BCUT2D eigenvalue weighted by atomic mass is 9.77. The van der Waals surface area contributed by atoms with Gasteiger partial charge >= 0.3 is 0 Å². The Balaban J connectivity index is 1.25. The average molecular weight is 466 g/mol. The van der Waals surface area contributed by atoms with Gasteiger partial charge in [-0.3, -0.25) is 19.4 Å². The highest BCUT2D eigenvalue weighted by Crippen LogP contribution is 2.44. The number of likely N-dealkylation sites (tertiary alicyclic amines) is 3. The highest BCUT2D eigenvalue weighted by Gasteiger charge is 2.48. The molecule has 3 fully saturated rings. The fourth-order valence-electron chi connectivity index (χ4n) is 5.99. The lowest BCUT2D eigenvalue weighted by Crippen LogP contribution is -2.45. The van der Waals surface area contributed by atoms with Crippen LogP contribution in [-0.2, 0) is 9.59 Å². The second kappa shape index (κ2) is 8.52. The molecule has 34 heavy (non-hydrogen) atoms. The zero-order valence-corrected chi connectivity index (χ0v) is 20.0. The maximum absolute atomic E-state index is 13.6. The van der Waals surface area contributed by atoms with E-state index < -0.39 is 5.92 Å². The molecule has 3 aliphatic rings. The normalized spacial score (nSPS) is 24.3. The van der Waals surface area contributed by atoms with Gasteiger partial charge in [0.2, 0.25) is 11.8 Å². The molecular formula is C25H31N5O4. The summed E-state index contributed by atoms with van der Waals surface area (Å²) < 4.78 is 5.17. The molecule has 3 saturated heterocycles. The molecule has 3 aliphatic heterocycles. The molecule has 0 radical (unpaired) electrons. The van der Waals surface area contributed by atoms with Gasteiger partial charge in [-0.25, -0.2) is 0 Å². The van der Waals surface area contributed by atoms with E-state index in [9.17, 15) is 14.4 Å². The van der Waals surface area contributed by atoms with Crippen molar-refractivity contribution in [2.75, 3.05) is 33.2 Å². The molecule has 0 aromatic carbocycles. The van der Waals surface area contributed by atoms with Crippen LogP contribution in [0.2, 0.25) is 0 Å². The number of amides is 3. The maximum atomic E-state index is 13.6. The minimum absolute atomic E-state index is 0.00717. The summed E-state index contributed by atoms with van der Waals surface area (Å²) in [5.74, 6) is 0.187. The first kappa shape index (κ1) is 22.6. The molecule has 9 nitrogen and oxygen atoms in total. The van der Waals surface area contributed by atoms with Gasteiger partial charge in [0.1, 0.15) is 11.3 Å². The Kier molecular flexibility index (Phi) is 5.65. The minimum atomic E-state index is -0.391. The number of carbonyl (C=O) groups is 3. The standard InChI is InChI=1S/C25H31N5O4/c1-16-21(17(2)34-27-16)24(33)29-10-6-25(7-11-29)8-12-30(15-25)23(32)19-13-20(31)28(3)22(19)18-5-4-9-26-14-18/h4-5,9,14,19,22H,6-8,10-13,15H2,1-3H3/t19-,22+/m1/s1. The van der Waals surface area contributed by atoms with E-state index in [-0.39, 0.29) is 35.6 Å². The number of aromatic nitrogens is 2. The van der Waals surface area contributed by atoms with Crippen molar-refractivity contribution in [1.82, 2.24) is 24.8 Å². The molecule has 2 aromatic heterocycles. The Morgan fingerprint density at radius 3 is 2.44 bits per heavy atom. The second-order valence-corrected chi connectivity index (χ2v) is 10.0. The van der Waals surface area contributed by atoms with E-state index in [4.69, 9.17) is 4.52 Å². The topological polar surface area (TPSA) is 99.8 Å². The van der Waals surface area contributed by atoms with Gasteiger partial charge in [-0.1, -0.05) is 11.2 Å². The number of aryl methyl sites for hydroxylation is 2. The molecule has 5 rings (SSSR count). The van der Waals surface area contributed by atoms with Crippen LogP contribution < -0.4 is 0 Å². The van der Waals surface area contributed by atoms with Crippen LogP contribution in [-0.4, -0.2) is 75.8 Å². The van der Waals surface area contributed by atoms with Crippen LogP contribution in [0.1, 0.15) is 59.1 Å². The van der Waals surface area contributed by atoms with Gasteiger partial charge < -0.3 is 19.2 Å². The Bertz CT molecular complexity index is 1090. The summed E-state index contributed by atoms with van der Waals surface area (Å²) in [7, 11) is 1.77. The number of carbonyl (C=O) groups excluding carboxylic acids is 3. The Hall–Kier alpha value is -3.23. The number of piperidine rings is 1. The summed E-state index contributed by atoms with van der Waals surface area (Å²) in [5.41, 5.74) is 2.12. The third-order valence-electron chi connectivity index (χ3n) is 8.04. The van der Waals surface area contributed by atoms with Crippen molar-refractivity contribution < 1.29 is 18.9 Å². The number of pyridine rings is 1. The summed E-state index contributed by atoms with van der Waals surface area (Å²) in [6.07, 6.45) is 6.34. The molecule has 9 heteroatoms. The third-order valence-corrected chi connectivity index (χ3v) is 8.04. The van der Waals surface area contributed by atoms with Gasteiger partial charge in [-0.15, -0.1) is 0 Å². The Morgan fingerprint density at radius 1 is 1.12 bits per heavy atom. The van der Waals surface area contributed by atoms with Crippen molar-refractivity contribution in [3.05, 3.63) is 47.1 Å².